The number of carbonyl (C=O) groups is 1. The number of nitrogens with one attached hydrogen (secondary N) is 1. The first-order valence-corrected chi connectivity index (χ1v) is 5.54. The van der Waals surface area contributed by atoms with Gasteiger partial charge >= 0.3 is 0 Å². The fraction of sp³-hybridized carbons (Fsp3) is 0.900. The van der Waals surface area contributed by atoms with Crippen LogP contribution in [0.1, 0.15) is 32.6 Å². The van der Waals surface area contributed by atoms with Crippen molar-refractivity contribution in [2.75, 3.05) is 20.3 Å². The Morgan fingerprint density at radius 3 is 2.86 bits per heavy atom. The highest BCUT2D eigenvalue weighted by atomic mass is 35.5. The van der Waals surface area contributed by atoms with Crippen molar-refractivity contribution < 1.29 is 9.53 Å². The SMILES string of the molecule is CCCCC(=O)NCCC(Cl)COC. The Balaban J connectivity index is 3.30. The van der Waals surface area contributed by atoms with Gasteiger partial charge in [-0.25, -0.2) is 0 Å². The van der Waals surface area contributed by atoms with E-state index in [0.29, 0.717) is 19.6 Å². The van der Waals surface area contributed by atoms with Crippen molar-refractivity contribution in [1.82, 2.24) is 5.32 Å². The number of methoxy groups -OCH3 is 1. The van der Waals surface area contributed by atoms with Crippen LogP contribution in [-0.4, -0.2) is 31.5 Å². The monoisotopic (exact) mass is 221 g/mol. The van der Waals surface area contributed by atoms with Crippen LogP contribution in [0.15, 0.2) is 0 Å². The van der Waals surface area contributed by atoms with E-state index in [1.54, 1.807) is 7.11 Å². The molecule has 84 valence electrons. The average molecular weight is 222 g/mol. The molecule has 1 amide bonds. The predicted molar refractivity (Wildman–Crippen MR) is 58.7 cm³/mol. The number of hydrogen-bond donors (Lipinski definition) is 1. The Morgan fingerprint density at radius 2 is 2.29 bits per heavy atom. The van der Waals surface area contributed by atoms with E-state index in [0.717, 1.165) is 19.3 Å². The van der Waals surface area contributed by atoms with Gasteiger partial charge in [0.1, 0.15) is 0 Å². The Bertz CT molecular complexity index is 153. The van der Waals surface area contributed by atoms with E-state index in [2.05, 4.69) is 12.2 Å². The summed E-state index contributed by atoms with van der Waals surface area (Å²) in [6, 6.07) is 0. The third kappa shape index (κ3) is 8.32. The van der Waals surface area contributed by atoms with Crippen molar-refractivity contribution in [3.05, 3.63) is 0 Å². The molecule has 0 bridgehead atoms. The fourth-order valence-electron chi connectivity index (χ4n) is 1.06. The normalized spacial score (nSPS) is 12.5. The molecule has 0 fully saturated rings. The minimum atomic E-state index is -0.00789. The molecule has 0 rings (SSSR count). The van der Waals surface area contributed by atoms with Crippen molar-refractivity contribution in [2.24, 2.45) is 0 Å². The molecule has 4 heteroatoms. The van der Waals surface area contributed by atoms with Gasteiger partial charge in [-0.2, -0.15) is 0 Å². The first kappa shape index (κ1) is 13.7. The summed E-state index contributed by atoms with van der Waals surface area (Å²) in [5.41, 5.74) is 0. The number of alkyl halides is 1. The molecule has 0 heterocycles. The van der Waals surface area contributed by atoms with Crippen molar-refractivity contribution in [3.8, 4) is 0 Å². The molecule has 0 aliphatic heterocycles. The zero-order valence-corrected chi connectivity index (χ0v) is 9.77. The summed E-state index contributed by atoms with van der Waals surface area (Å²) in [7, 11) is 1.62. The van der Waals surface area contributed by atoms with Crippen LogP contribution in [0, 0.1) is 0 Å². The van der Waals surface area contributed by atoms with E-state index < -0.39 is 0 Å². The van der Waals surface area contributed by atoms with Gasteiger partial charge in [-0.15, -0.1) is 11.6 Å². The lowest BCUT2D eigenvalue weighted by atomic mass is 10.2. The molecule has 0 aromatic rings. The highest BCUT2D eigenvalue weighted by Gasteiger charge is 2.04. The number of ether oxygens (including phenoxy) is 1. The van der Waals surface area contributed by atoms with Gasteiger partial charge in [-0.05, 0) is 12.8 Å². The molecule has 1 atom stereocenters. The third-order valence-corrected chi connectivity index (χ3v) is 2.23. The second-order valence-electron chi connectivity index (χ2n) is 3.29. The molecule has 3 nitrogen and oxygen atoms in total. The zero-order valence-electron chi connectivity index (χ0n) is 9.01. The van der Waals surface area contributed by atoms with Gasteiger partial charge in [0.15, 0.2) is 0 Å². The first-order chi connectivity index (χ1) is 6.70. The van der Waals surface area contributed by atoms with Crippen molar-refractivity contribution in [1.29, 1.82) is 0 Å². The van der Waals surface area contributed by atoms with Crippen LogP contribution in [-0.2, 0) is 9.53 Å². The molecular weight excluding hydrogens is 202 g/mol. The number of hydrogen-bond acceptors (Lipinski definition) is 2. The molecule has 1 unspecified atom stereocenters. The summed E-state index contributed by atoms with van der Waals surface area (Å²) in [4.78, 5) is 11.2. The van der Waals surface area contributed by atoms with Crippen molar-refractivity contribution in [2.45, 2.75) is 38.0 Å². The summed E-state index contributed by atoms with van der Waals surface area (Å²) in [5.74, 6) is 0.119. The van der Waals surface area contributed by atoms with Crippen LogP contribution in [0.5, 0.6) is 0 Å². The summed E-state index contributed by atoms with van der Waals surface area (Å²) < 4.78 is 4.88. The van der Waals surface area contributed by atoms with Crippen LogP contribution in [0.3, 0.4) is 0 Å². The van der Waals surface area contributed by atoms with Crippen molar-refractivity contribution >= 4 is 17.5 Å². The molecular formula is C10H20ClNO2. The van der Waals surface area contributed by atoms with Gasteiger partial charge in [0.25, 0.3) is 0 Å². The van der Waals surface area contributed by atoms with E-state index in [1.807, 2.05) is 0 Å². The highest BCUT2D eigenvalue weighted by molar-refractivity contribution is 6.20. The van der Waals surface area contributed by atoms with Gasteiger partial charge < -0.3 is 10.1 Å². The lowest BCUT2D eigenvalue weighted by molar-refractivity contribution is -0.121. The number of carbonyl (C=O) groups excluding carboxylic acids is 1. The molecule has 0 saturated heterocycles. The van der Waals surface area contributed by atoms with Gasteiger partial charge in [-0.3, -0.25) is 4.79 Å². The molecule has 0 saturated carbocycles. The lowest BCUT2D eigenvalue weighted by Crippen LogP contribution is -2.26. The lowest BCUT2D eigenvalue weighted by Gasteiger charge is -2.08. The number of unbranched alkanes of at least 4 members (excludes halogenated alkanes) is 1. The van der Waals surface area contributed by atoms with Gasteiger partial charge in [-0.1, -0.05) is 13.3 Å². The van der Waals surface area contributed by atoms with Crippen LogP contribution in [0.4, 0.5) is 0 Å². The molecule has 0 aromatic carbocycles. The molecule has 0 spiro atoms. The van der Waals surface area contributed by atoms with E-state index in [1.165, 1.54) is 0 Å². The predicted octanol–water partition coefficient (Wildman–Crippen LogP) is 1.94. The Morgan fingerprint density at radius 1 is 1.57 bits per heavy atom. The zero-order chi connectivity index (χ0) is 10.8. The topological polar surface area (TPSA) is 38.3 Å². The van der Waals surface area contributed by atoms with E-state index in [4.69, 9.17) is 16.3 Å². The maximum Gasteiger partial charge on any atom is 0.219 e. The fourth-order valence-corrected chi connectivity index (χ4v) is 1.29. The minimum Gasteiger partial charge on any atom is -0.383 e. The molecule has 14 heavy (non-hydrogen) atoms. The summed E-state index contributed by atoms with van der Waals surface area (Å²) >= 11 is 5.89. The van der Waals surface area contributed by atoms with Crippen LogP contribution in [0.25, 0.3) is 0 Å². The van der Waals surface area contributed by atoms with E-state index in [9.17, 15) is 4.79 Å². The second-order valence-corrected chi connectivity index (χ2v) is 3.91. The number of rotatable bonds is 8. The van der Waals surface area contributed by atoms with Crippen LogP contribution < -0.4 is 5.32 Å². The summed E-state index contributed by atoms with van der Waals surface area (Å²) in [6.45, 7) is 3.24. The average Bonchev–Trinajstić information content (AvgIpc) is 2.15. The maximum absolute atomic E-state index is 11.2. The summed E-state index contributed by atoms with van der Waals surface area (Å²) in [5, 5.41) is 2.82. The maximum atomic E-state index is 11.2. The Hall–Kier alpha value is -0.280. The summed E-state index contributed by atoms with van der Waals surface area (Å²) in [6.07, 6.45) is 3.38. The number of halogens is 1. The third-order valence-electron chi connectivity index (χ3n) is 1.88. The standard InChI is InChI=1S/C10H20ClNO2/c1-3-4-5-10(13)12-7-6-9(11)8-14-2/h9H,3-8H2,1-2H3,(H,12,13). The van der Waals surface area contributed by atoms with E-state index >= 15 is 0 Å². The van der Waals surface area contributed by atoms with E-state index in [-0.39, 0.29) is 11.3 Å². The highest BCUT2D eigenvalue weighted by Crippen LogP contribution is 2.01. The number of amides is 1. The van der Waals surface area contributed by atoms with Gasteiger partial charge in [0.2, 0.25) is 5.91 Å². The molecule has 0 aliphatic carbocycles. The van der Waals surface area contributed by atoms with Crippen LogP contribution in [0.2, 0.25) is 0 Å². The van der Waals surface area contributed by atoms with Gasteiger partial charge in [0.05, 0.1) is 12.0 Å². The van der Waals surface area contributed by atoms with Crippen molar-refractivity contribution in [3.63, 3.8) is 0 Å². The largest absolute Gasteiger partial charge is 0.383 e. The van der Waals surface area contributed by atoms with Crippen LogP contribution >= 0.6 is 11.6 Å². The second kappa shape index (κ2) is 9.28. The molecule has 1 N–H and O–H groups in total. The molecule has 0 aliphatic rings. The first-order valence-electron chi connectivity index (χ1n) is 5.10. The molecule has 0 aromatic heterocycles. The molecule has 0 radical (unpaired) electrons. The Labute approximate surface area is 91.2 Å². The minimum absolute atomic E-state index is 0.00789. The Kier molecular flexibility index (Phi) is 9.10. The van der Waals surface area contributed by atoms with Gasteiger partial charge in [0, 0.05) is 20.1 Å². The smallest absolute Gasteiger partial charge is 0.219 e. The quantitative estimate of drug-likeness (QED) is 0.637.